The van der Waals surface area contributed by atoms with Gasteiger partial charge in [0.15, 0.2) is 0 Å². The van der Waals surface area contributed by atoms with Gasteiger partial charge >= 0.3 is 0 Å². The first kappa shape index (κ1) is 15.4. The van der Waals surface area contributed by atoms with Crippen LogP contribution >= 0.6 is 0 Å². The van der Waals surface area contributed by atoms with E-state index in [1.165, 1.54) is 11.3 Å². The fraction of sp³-hybridized carbons (Fsp3) is 0.286. The molecule has 1 aliphatic heterocycles. The molecule has 0 spiro atoms. The maximum atomic E-state index is 11.1. The van der Waals surface area contributed by atoms with Crippen molar-refractivity contribution in [2.45, 2.75) is 32.7 Å². The van der Waals surface area contributed by atoms with Crippen molar-refractivity contribution in [2.75, 3.05) is 11.4 Å². The van der Waals surface area contributed by atoms with Crippen LogP contribution in [0.5, 0.6) is 0 Å². The van der Waals surface area contributed by atoms with Crippen molar-refractivity contribution in [1.29, 1.82) is 0 Å². The van der Waals surface area contributed by atoms with Crippen molar-refractivity contribution in [3.63, 3.8) is 0 Å². The van der Waals surface area contributed by atoms with E-state index < -0.39 is 0 Å². The van der Waals surface area contributed by atoms with E-state index in [0.717, 1.165) is 37.1 Å². The Morgan fingerprint density at radius 2 is 1.70 bits per heavy atom. The normalized spacial score (nSPS) is 12.3. The Morgan fingerprint density at radius 3 is 2.52 bits per heavy atom. The van der Waals surface area contributed by atoms with Gasteiger partial charge in [-0.3, -0.25) is 0 Å². The highest BCUT2D eigenvalue weighted by atomic mass is 16.1. The molecular formula is C21H21NO. The van der Waals surface area contributed by atoms with Crippen molar-refractivity contribution < 1.29 is 4.79 Å². The first-order chi connectivity index (χ1) is 11.2. The van der Waals surface area contributed by atoms with Crippen LogP contribution in [0.15, 0.2) is 48.5 Å². The SMILES string of the molecule is CC(=O)CCCCN1Cc2ccccc2C#Cc2ccccc21. The summed E-state index contributed by atoms with van der Waals surface area (Å²) in [6.07, 6.45) is 2.64. The second kappa shape index (κ2) is 7.15. The van der Waals surface area contributed by atoms with Crippen LogP contribution in [0, 0.1) is 11.8 Å². The summed E-state index contributed by atoms with van der Waals surface area (Å²) in [5, 5.41) is 0. The van der Waals surface area contributed by atoms with E-state index >= 15 is 0 Å². The molecular weight excluding hydrogens is 282 g/mol. The molecule has 0 fully saturated rings. The molecule has 0 amide bonds. The van der Waals surface area contributed by atoms with Crippen molar-refractivity contribution in [3.8, 4) is 11.8 Å². The molecule has 23 heavy (non-hydrogen) atoms. The molecule has 116 valence electrons. The topological polar surface area (TPSA) is 20.3 Å². The molecule has 0 N–H and O–H groups in total. The van der Waals surface area contributed by atoms with Crippen molar-refractivity contribution in [3.05, 3.63) is 65.2 Å². The number of carbonyl (C=O) groups is 1. The zero-order valence-electron chi connectivity index (χ0n) is 13.5. The van der Waals surface area contributed by atoms with Gasteiger partial charge in [0, 0.05) is 30.6 Å². The molecule has 3 rings (SSSR count). The zero-order chi connectivity index (χ0) is 16.1. The second-order valence-electron chi connectivity index (χ2n) is 6.00. The number of Topliss-reactive ketones (excluding diaryl/α,β-unsaturated/α-hetero) is 1. The number of anilines is 1. The molecule has 2 aromatic rings. The molecule has 1 heterocycles. The number of para-hydroxylation sites is 1. The number of benzene rings is 2. The van der Waals surface area contributed by atoms with Crippen molar-refractivity contribution >= 4 is 11.5 Å². The average Bonchev–Trinajstić information content (AvgIpc) is 2.55. The zero-order valence-corrected chi connectivity index (χ0v) is 13.5. The Morgan fingerprint density at radius 1 is 1.00 bits per heavy atom. The summed E-state index contributed by atoms with van der Waals surface area (Å²) in [6, 6.07) is 16.7. The molecule has 2 heteroatoms. The minimum Gasteiger partial charge on any atom is -0.366 e. The standard InChI is InChI=1S/C21H21NO/c1-17(23)8-6-7-15-22-16-20-11-3-2-9-18(20)13-14-19-10-4-5-12-21(19)22/h2-5,9-12H,6-8,15-16H2,1H3. The van der Waals surface area contributed by atoms with E-state index in [9.17, 15) is 4.79 Å². The Kier molecular flexibility index (Phi) is 4.78. The monoisotopic (exact) mass is 303 g/mol. The van der Waals surface area contributed by atoms with Gasteiger partial charge in [0.1, 0.15) is 5.78 Å². The molecule has 0 saturated heterocycles. The van der Waals surface area contributed by atoms with Crippen LogP contribution in [0.1, 0.15) is 42.9 Å². The lowest BCUT2D eigenvalue weighted by Gasteiger charge is -2.27. The molecule has 0 aliphatic carbocycles. The highest BCUT2D eigenvalue weighted by Gasteiger charge is 2.14. The number of fused-ring (bicyclic) bond motifs is 2. The number of rotatable bonds is 5. The molecule has 0 atom stereocenters. The summed E-state index contributed by atoms with van der Waals surface area (Å²) in [6.45, 7) is 3.47. The number of nitrogens with zero attached hydrogens (tertiary/aromatic N) is 1. The van der Waals surface area contributed by atoms with Crippen LogP contribution in [0.4, 0.5) is 5.69 Å². The van der Waals surface area contributed by atoms with Gasteiger partial charge in [0.25, 0.3) is 0 Å². The lowest BCUT2D eigenvalue weighted by molar-refractivity contribution is -0.117. The predicted molar refractivity (Wildman–Crippen MR) is 94.4 cm³/mol. The van der Waals surface area contributed by atoms with Crippen LogP contribution in [0.3, 0.4) is 0 Å². The van der Waals surface area contributed by atoms with Crippen molar-refractivity contribution in [1.82, 2.24) is 0 Å². The summed E-state index contributed by atoms with van der Waals surface area (Å²) in [4.78, 5) is 13.5. The maximum Gasteiger partial charge on any atom is 0.129 e. The minimum atomic E-state index is 0.272. The van der Waals surface area contributed by atoms with Gasteiger partial charge in [0.2, 0.25) is 0 Å². The lowest BCUT2D eigenvalue weighted by atomic mass is 10.0. The van der Waals surface area contributed by atoms with Crippen LogP contribution in [-0.2, 0) is 11.3 Å². The van der Waals surface area contributed by atoms with Crippen LogP contribution in [-0.4, -0.2) is 12.3 Å². The summed E-state index contributed by atoms with van der Waals surface area (Å²) in [7, 11) is 0. The highest BCUT2D eigenvalue weighted by Crippen LogP contribution is 2.25. The third-order valence-electron chi connectivity index (χ3n) is 4.16. The van der Waals surface area contributed by atoms with E-state index in [1.807, 2.05) is 12.1 Å². The van der Waals surface area contributed by atoms with Crippen LogP contribution < -0.4 is 4.90 Å². The fourth-order valence-corrected chi connectivity index (χ4v) is 2.94. The van der Waals surface area contributed by atoms with E-state index in [1.54, 1.807) is 6.92 Å². The first-order valence-corrected chi connectivity index (χ1v) is 8.17. The van der Waals surface area contributed by atoms with Gasteiger partial charge in [-0.2, -0.15) is 0 Å². The van der Waals surface area contributed by atoms with E-state index in [4.69, 9.17) is 0 Å². The highest BCUT2D eigenvalue weighted by molar-refractivity contribution is 5.75. The summed E-state index contributed by atoms with van der Waals surface area (Å²) in [5.41, 5.74) is 4.64. The van der Waals surface area contributed by atoms with E-state index in [0.29, 0.717) is 6.42 Å². The van der Waals surface area contributed by atoms with Gasteiger partial charge in [0.05, 0.1) is 5.69 Å². The largest absolute Gasteiger partial charge is 0.366 e. The van der Waals surface area contributed by atoms with Crippen LogP contribution in [0.25, 0.3) is 0 Å². The Bertz CT molecular complexity index is 767. The van der Waals surface area contributed by atoms with Gasteiger partial charge in [-0.15, -0.1) is 0 Å². The summed E-state index contributed by atoms with van der Waals surface area (Å²) < 4.78 is 0. The minimum absolute atomic E-state index is 0.272. The smallest absolute Gasteiger partial charge is 0.129 e. The fourth-order valence-electron chi connectivity index (χ4n) is 2.94. The molecule has 0 bridgehead atoms. The van der Waals surface area contributed by atoms with E-state index in [2.05, 4.69) is 53.1 Å². The average molecular weight is 303 g/mol. The van der Waals surface area contributed by atoms with Gasteiger partial charge < -0.3 is 9.69 Å². The molecule has 1 aliphatic rings. The number of unbranched alkanes of at least 4 members (excludes halogenated alkanes) is 1. The number of hydrogen-bond acceptors (Lipinski definition) is 2. The van der Waals surface area contributed by atoms with Gasteiger partial charge in [-0.1, -0.05) is 42.2 Å². The molecule has 0 unspecified atom stereocenters. The van der Waals surface area contributed by atoms with Gasteiger partial charge in [-0.05, 0) is 43.5 Å². The summed E-state index contributed by atoms with van der Waals surface area (Å²) >= 11 is 0. The number of ketones is 1. The Balaban J connectivity index is 1.87. The van der Waals surface area contributed by atoms with Crippen molar-refractivity contribution in [2.24, 2.45) is 0 Å². The van der Waals surface area contributed by atoms with E-state index in [-0.39, 0.29) is 5.78 Å². The number of hydrogen-bond donors (Lipinski definition) is 0. The molecule has 2 aromatic carbocycles. The Hall–Kier alpha value is -2.53. The summed E-state index contributed by atoms with van der Waals surface area (Å²) in [5.74, 6) is 6.89. The maximum absolute atomic E-state index is 11.1. The first-order valence-electron chi connectivity index (χ1n) is 8.17. The second-order valence-corrected chi connectivity index (χ2v) is 6.00. The number of carbonyl (C=O) groups excluding carboxylic acids is 1. The Labute approximate surface area is 138 Å². The third-order valence-corrected chi connectivity index (χ3v) is 4.16. The molecule has 0 aromatic heterocycles. The van der Waals surface area contributed by atoms with Gasteiger partial charge in [-0.25, -0.2) is 0 Å². The third kappa shape index (κ3) is 3.81. The van der Waals surface area contributed by atoms with Crippen LogP contribution in [0.2, 0.25) is 0 Å². The molecule has 0 saturated carbocycles. The molecule has 2 nitrogen and oxygen atoms in total. The predicted octanol–water partition coefficient (Wildman–Crippen LogP) is 4.17. The molecule has 0 radical (unpaired) electrons. The quantitative estimate of drug-likeness (QED) is 0.610. The lowest BCUT2D eigenvalue weighted by Crippen LogP contribution is -2.26.